The summed E-state index contributed by atoms with van der Waals surface area (Å²) in [5, 5.41) is 12.0. The van der Waals surface area contributed by atoms with Crippen molar-refractivity contribution in [2.45, 2.75) is 38.2 Å². The van der Waals surface area contributed by atoms with Crippen LogP contribution in [0.1, 0.15) is 64.2 Å². The maximum atomic E-state index is 12.7. The molecule has 5 heteroatoms. The summed E-state index contributed by atoms with van der Waals surface area (Å²) in [7, 11) is 1.55. The van der Waals surface area contributed by atoms with Crippen LogP contribution in [0, 0.1) is 5.92 Å². The van der Waals surface area contributed by atoms with Crippen molar-refractivity contribution in [3.63, 3.8) is 0 Å². The number of carbonyl (C=O) groups excluding carboxylic acids is 2. The van der Waals surface area contributed by atoms with E-state index in [2.05, 4.69) is 10.3 Å². The molecule has 1 aromatic carbocycles. The molecule has 0 bridgehead atoms. The number of aliphatic hydroxyl groups is 1. The summed E-state index contributed by atoms with van der Waals surface area (Å²) < 4.78 is 0. The van der Waals surface area contributed by atoms with E-state index in [1.807, 2.05) is 37.3 Å². The molecule has 1 aliphatic carbocycles. The van der Waals surface area contributed by atoms with Gasteiger partial charge in [-0.3, -0.25) is 9.59 Å². The van der Waals surface area contributed by atoms with Gasteiger partial charge in [0.05, 0.1) is 6.10 Å². The first-order chi connectivity index (χ1) is 12.5. The lowest BCUT2D eigenvalue weighted by atomic mass is 9.78. The first kappa shape index (κ1) is 18.3. The Morgan fingerprint density at radius 3 is 2.54 bits per heavy atom. The van der Waals surface area contributed by atoms with Gasteiger partial charge in [-0.05, 0) is 36.5 Å². The molecule has 1 atom stereocenters. The van der Waals surface area contributed by atoms with Gasteiger partial charge in [0.25, 0.3) is 5.91 Å². The van der Waals surface area contributed by atoms with Gasteiger partial charge < -0.3 is 10.4 Å². The number of carbonyl (C=O) groups is 2. The first-order valence-electron chi connectivity index (χ1n) is 8.98. The van der Waals surface area contributed by atoms with Crippen molar-refractivity contribution in [3.05, 3.63) is 65.0 Å². The number of nitrogens with one attached hydrogen (secondary N) is 1. The highest BCUT2D eigenvalue weighted by Gasteiger charge is 2.29. The Kier molecular flexibility index (Phi) is 5.47. The number of hydrogen-bond acceptors (Lipinski definition) is 4. The van der Waals surface area contributed by atoms with E-state index in [1.165, 1.54) is 0 Å². The predicted octanol–water partition coefficient (Wildman–Crippen LogP) is 2.94. The maximum absolute atomic E-state index is 12.7. The third-order valence-corrected chi connectivity index (χ3v) is 5.05. The van der Waals surface area contributed by atoms with Crippen LogP contribution in [0.4, 0.5) is 0 Å². The molecule has 1 saturated carbocycles. The van der Waals surface area contributed by atoms with Crippen LogP contribution in [0.15, 0.2) is 42.5 Å². The van der Waals surface area contributed by atoms with Crippen molar-refractivity contribution in [2.24, 2.45) is 5.92 Å². The van der Waals surface area contributed by atoms with Crippen molar-refractivity contribution in [3.8, 4) is 0 Å². The molecule has 0 spiro atoms. The summed E-state index contributed by atoms with van der Waals surface area (Å²) >= 11 is 0. The molecule has 1 heterocycles. The molecule has 0 unspecified atom stereocenters. The van der Waals surface area contributed by atoms with E-state index in [0.717, 1.165) is 5.56 Å². The van der Waals surface area contributed by atoms with E-state index in [1.54, 1.807) is 19.2 Å². The minimum absolute atomic E-state index is 0.00374. The van der Waals surface area contributed by atoms with E-state index in [-0.39, 0.29) is 35.3 Å². The Hall–Kier alpha value is -2.53. The molecule has 26 heavy (non-hydrogen) atoms. The van der Waals surface area contributed by atoms with Gasteiger partial charge in [-0.25, -0.2) is 4.98 Å². The third-order valence-electron chi connectivity index (χ3n) is 5.05. The average Bonchev–Trinajstić information content (AvgIpc) is 2.65. The van der Waals surface area contributed by atoms with Crippen LogP contribution in [-0.2, 0) is 0 Å². The lowest BCUT2D eigenvalue weighted by Crippen LogP contribution is -2.30. The summed E-state index contributed by atoms with van der Waals surface area (Å²) in [5.74, 6) is -0.113. The number of pyridine rings is 1. The number of amides is 1. The average molecular weight is 352 g/mol. The number of benzene rings is 1. The van der Waals surface area contributed by atoms with Gasteiger partial charge in [-0.2, -0.15) is 0 Å². The number of ketones is 1. The molecule has 0 saturated heterocycles. The zero-order valence-corrected chi connectivity index (χ0v) is 15.1. The topological polar surface area (TPSA) is 79.3 Å². The molecular weight excluding hydrogens is 328 g/mol. The largest absolute Gasteiger partial charge is 0.393 e. The smallest absolute Gasteiger partial charge is 0.269 e. The van der Waals surface area contributed by atoms with Crippen LogP contribution in [0.25, 0.3) is 0 Å². The summed E-state index contributed by atoms with van der Waals surface area (Å²) in [6.45, 7) is 2.02. The number of aromatic nitrogens is 1. The quantitative estimate of drug-likeness (QED) is 0.784. The van der Waals surface area contributed by atoms with Crippen molar-refractivity contribution in [1.82, 2.24) is 10.3 Å². The Labute approximate surface area is 153 Å². The molecule has 1 aliphatic rings. The number of nitrogens with zero attached hydrogens (tertiary/aromatic N) is 1. The van der Waals surface area contributed by atoms with Crippen LogP contribution >= 0.6 is 0 Å². The Morgan fingerprint density at radius 1 is 1.23 bits per heavy atom. The fourth-order valence-electron chi connectivity index (χ4n) is 3.34. The number of hydrogen-bond donors (Lipinski definition) is 2. The van der Waals surface area contributed by atoms with Gasteiger partial charge in [0.2, 0.25) is 0 Å². The summed E-state index contributed by atoms with van der Waals surface area (Å²) in [6, 6.07) is 13.3. The molecule has 2 aromatic rings. The molecule has 1 fully saturated rings. The molecule has 3 rings (SSSR count). The van der Waals surface area contributed by atoms with Crippen LogP contribution in [0.3, 0.4) is 0 Å². The molecule has 2 N–H and O–H groups in total. The van der Waals surface area contributed by atoms with E-state index < -0.39 is 0 Å². The van der Waals surface area contributed by atoms with Crippen molar-refractivity contribution in [2.75, 3.05) is 7.05 Å². The normalized spacial score (nSPS) is 20.1. The second-order valence-electron chi connectivity index (χ2n) is 7.00. The Morgan fingerprint density at radius 2 is 1.92 bits per heavy atom. The zero-order valence-electron chi connectivity index (χ0n) is 15.1. The lowest BCUT2D eigenvalue weighted by molar-refractivity contribution is 0.0381. The minimum atomic E-state index is -0.305. The molecule has 136 valence electrons. The second-order valence-corrected chi connectivity index (χ2v) is 7.00. The number of Topliss-reactive ketones (excluding diaryl/α,β-unsaturated/α-hetero) is 1. The predicted molar refractivity (Wildman–Crippen MR) is 99.3 cm³/mol. The van der Waals surface area contributed by atoms with E-state index >= 15 is 0 Å². The van der Waals surface area contributed by atoms with Gasteiger partial charge in [-0.1, -0.05) is 37.3 Å². The Bertz CT molecular complexity index is 798. The van der Waals surface area contributed by atoms with Crippen molar-refractivity contribution in [1.29, 1.82) is 0 Å². The van der Waals surface area contributed by atoms with Crippen molar-refractivity contribution >= 4 is 11.7 Å². The Balaban J connectivity index is 1.91. The summed E-state index contributed by atoms with van der Waals surface area (Å²) in [5.41, 5.74) is 2.55. The summed E-state index contributed by atoms with van der Waals surface area (Å²) in [4.78, 5) is 29.3. The summed E-state index contributed by atoms with van der Waals surface area (Å²) in [6.07, 6.45) is 1.46. The van der Waals surface area contributed by atoms with Crippen molar-refractivity contribution < 1.29 is 14.7 Å². The molecular formula is C21H24N2O3. The van der Waals surface area contributed by atoms with E-state index in [4.69, 9.17) is 0 Å². The first-order valence-corrected chi connectivity index (χ1v) is 8.98. The number of aliphatic hydroxyl groups excluding tert-OH is 1. The lowest BCUT2D eigenvalue weighted by Gasteiger charge is -2.30. The molecule has 1 aromatic heterocycles. The van der Waals surface area contributed by atoms with Gasteiger partial charge in [-0.15, -0.1) is 0 Å². The maximum Gasteiger partial charge on any atom is 0.269 e. The minimum Gasteiger partial charge on any atom is -0.393 e. The second kappa shape index (κ2) is 7.79. The van der Waals surface area contributed by atoms with Crippen LogP contribution in [0.2, 0.25) is 0 Å². The van der Waals surface area contributed by atoms with E-state index in [0.29, 0.717) is 30.5 Å². The highest BCUT2D eigenvalue weighted by molar-refractivity contribution is 5.99. The van der Waals surface area contributed by atoms with Crippen LogP contribution < -0.4 is 5.32 Å². The molecule has 1 amide bonds. The van der Waals surface area contributed by atoms with Crippen LogP contribution in [0.5, 0.6) is 0 Å². The molecule has 0 radical (unpaired) electrons. The van der Waals surface area contributed by atoms with Gasteiger partial charge in [0.1, 0.15) is 5.69 Å². The van der Waals surface area contributed by atoms with E-state index in [9.17, 15) is 14.7 Å². The van der Waals surface area contributed by atoms with Gasteiger partial charge in [0, 0.05) is 30.6 Å². The monoisotopic (exact) mass is 352 g/mol. The third kappa shape index (κ3) is 3.99. The zero-order chi connectivity index (χ0) is 18.7. The highest BCUT2D eigenvalue weighted by Crippen LogP contribution is 2.32. The molecule has 5 nitrogen and oxygen atoms in total. The SMILES string of the molecule is CNC(=O)c1cc(C(=O)CC2CC(O)C2)cc([C@@H](C)c2ccccc2)n1. The number of rotatable bonds is 6. The fourth-order valence-corrected chi connectivity index (χ4v) is 3.34. The van der Waals surface area contributed by atoms with Crippen LogP contribution in [-0.4, -0.2) is 34.9 Å². The fraction of sp³-hybridized carbons (Fsp3) is 0.381. The van der Waals surface area contributed by atoms with Gasteiger partial charge in [0.15, 0.2) is 5.78 Å². The standard InChI is InChI=1S/C21H24N2O3/c1-13(15-6-4-3-5-7-15)18-11-16(12-19(23-18)21(26)22-2)20(25)10-14-8-17(24)9-14/h3-7,11-14,17,24H,8-10H2,1-2H3,(H,22,26)/t13-,14?,17?/m0/s1. The van der Waals surface area contributed by atoms with Gasteiger partial charge >= 0.3 is 0 Å². The highest BCUT2D eigenvalue weighted by atomic mass is 16.3. The molecule has 0 aliphatic heterocycles.